The Labute approximate surface area is 151 Å². The molecule has 0 aromatic carbocycles. The van der Waals surface area contributed by atoms with Crippen LogP contribution >= 0.6 is 11.6 Å². The summed E-state index contributed by atoms with van der Waals surface area (Å²) in [5.41, 5.74) is 2.16. The fourth-order valence-corrected chi connectivity index (χ4v) is 3.47. The number of rotatable bonds is 4. The fraction of sp³-hybridized carbons (Fsp3) is 0.368. The molecule has 0 N–H and O–H groups in total. The summed E-state index contributed by atoms with van der Waals surface area (Å²) < 4.78 is 0. The van der Waals surface area contributed by atoms with Crippen molar-refractivity contribution < 1.29 is 4.79 Å². The van der Waals surface area contributed by atoms with E-state index in [1.54, 1.807) is 12.2 Å². The lowest BCUT2D eigenvalue weighted by Gasteiger charge is -2.17. The smallest absolute Gasteiger partial charge is 0.280 e. The Bertz CT molecular complexity index is 818. The number of pyridine rings is 1. The molecule has 2 aliphatic heterocycles. The van der Waals surface area contributed by atoms with Crippen LogP contribution in [0, 0.1) is 0 Å². The number of aliphatic imine (C=N–C) groups is 2. The van der Waals surface area contributed by atoms with E-state index >= 15 is 0 Å². The number of nitrogens with zero attached hydrogens (tertiary/aromatic N) is 4. The SMILES string of the molecule is O=C1N=C(CCc2cccc(N3CCCC3)n2)N=C2C=CC(Cl)C=C12. The van der Waals surface area contributed by atoms with E-state index in [2.05, 4.69) is 21.0 Å². The summed E-state index contributed by atoms with van der Waals surface area (Å²) in [7, 11) is 0. The maximum Gasteiger partial charge on any atom is 0.280 e. The molecule has 3 heterocycles. The Morgan fingerprint density at radius 1 is 1.16 bits per heavy atom. The highest BCUT2D eigenvalue weighted by molar-refractivity contribution is 6.35. The second-order valence-corrected chi connectivity index (χ2v) is 6.90. The molecule has 25 heavy (non-hydrogen) atoms. The lowest BCUT2D eigenvalue weighted by molar-refractivity contribution is -0.113. The van der Waals surface area contributed by atoms with Crippen LogP contribution in [0.4, 0.5) is 5.82 Å². The number of aromatic nitrogens is 1. The quantitative estimate of drug-likeness (QED) is 0.781. The number of amidine groups is 1. The lowest BCUT2D eigenvalue weighted by atomic mass is 10.0. The fourth-order valence-electron chi connectivity index (χ4n) is 3.27. The van der Waals surface area contributed by atoms with Crippen molar-refractivity contribution in [1.82, 2.24) is 4.98 Å². The average Bonchev–Trinajstić information content (AvgIpc) is 3.16. The summed E-state index contributed by atoms with van der Waals surface area (Å²) in [5.74, 6) is 1.34. The number of alkyl halides is 1. The maximum absolute atomic E-state index is 12.2. The van der Waals surface area contributed by atoms with E-state index in [1.807, 2.05) is 18.2 Å². The highest BCUT2D eigenvalue weighted by Gasteiger charge is 2.23. The van der Waals surface area contributed by atoms with Gasteiger partial charge in [-0.05, 0) is 43.5 Å². The molecule has 5 nitrogen and oxygen atoms in total. The number of amides is 1. The number of hydrogen-bond donors (Lipinski definition) is 0. The highest BCUT2D eigenvalue weighted by atomic mass is 35.5. The number of carbonyl (C=O) groups excluding carboxylic acids is 1. The van der Waals surface area contributed by atoms with Gasteiger partial charge in [-0.1, -0.05) is 12.1 Å². The van der Waals surface area contributed by atoms with E-state index in [1.165, 1.54) is 12.8 Å². The van der Waals surface area contributed by atoms with Crippen molar-refractivity contribution in [2.75, 3.05) is 18.0 Å². The molecule has 3 aliphatic rings. The lowest BCUT2D eigenvalue weighted by Crippen LogP contribution is -2.22. The van der Waals surface area contributed by atoms with Crippen LogP contribution < -0.4 is 4.90 Å². The Morgan fingerprint density at radius 3 is 2.84 bits per heavy atom. The van der Waals surface area contributed by atoms with E-state index in [9.17, 15) is 4.79 Å². The first kappa shape index (κ1) is 16.2. The van der Waals surface area contributed by atoms with Crippen LogP contribution in [0.25, 0.3) is 0 Å². The number of fused-ring (bicyclic) bond motifs is 1. The van der Waals surface area contributed by atoms with Gasteiger partial charge in [0.05, 0.1) is 16.7 Å². The summed E-state index contributed by atoms with van der Waals surface area (Å²) in [5, 5.41) is -0.271. The Kier molecular flexibility index (Phi) is 4.49. The number of anilines is 1. The van der Waals surface area contributed by atoms with Gasteiger partial charge in [0.25, 0.3) is 5.91 Å². The van der Waals surface area contributed by atoms with Crippen LogP contribution in [0.2, 0.25) is 0 Å². The zero-order chi connectivity index (χ0) is 17.2. The third-order valence-corrected chi connectivity index (χ3v) is 4.85. The summed E-state index contributed by atoms with van der Waals surface area (Å²) in [6.07, 6.45) is 9.09. The van der Waals surface area contributed by atoms with Gasteiger partial charge in [0.1, 0.15) is 11.7 Å². The van der Waals surface area contributed by atoms with E-state index in [-0.39, 0.29) is 11.3 Å². The van der Waals surface area contributed by atoms with Crippen LogP contribution in [0.3, 0.4) is 0 Å². The monoisotopic (exact) mass is 354 g/mol. The number of halogens is 1. The molecule has 1 aliphatic carbocycles. The molecule has 1 atom stereocenters. The van der Waals surface area contributed by atoms with Crippen molar-refractivity contribution in [3.05, 3.63) is 47.7 Å². The minimum atomic E-state index is -0.271. The molecule has 1 aromatic heterocycles. The van der Waals surface area contributed by atoms with E-state index in [4.69, 9.17) is 16.6 Å². The second kappa shape index (κ2) is 6.92. The van der Waals surface area contributed by atoms with E-state index in [0.29, 0.717) is 30.0 Å². The van der Waals surface area contributed by atoms with Crippen molar-refractivity contribution in [2.45, 2.75) is 31.1 Å². The van der Waals surface area contributed by atoms with Crippen LogP contribution in [0.5, 0.6) is 0 Å². The third-order valence-electron chi connectivity index (χ3n) is 4.58. The van der Waals surface area contributed by atoms with E-state index < -0.39 is 0 Å². The molecule has 1 amide bonds. The number of hydrogen-bond acceptors (Lipinski definition) is 4. The van der Waals surface area contributed by atoms with Crippen molar-refractivity contribution in [3.8, 4) is 0 Å². The molecule has 1 fully saturated rings. The molecule has 128 valence electrons. The Hall–Kier alpha value is -2.27. The van der Waals surface area contributed by atoms with Crippen LogP contribution in [-0.4, -0.2) is 40.9 Å². The van der Waals surface area contributed by atoms with Gasteiger partial charge < -0.3 is 4.90 Å². The summed E-state index contributed by atoms with van der Waals surface area (Å²) in [6.45, 7) is 2.16. The highest BCUT2D eigenvalue weighted by Crippen LogP contribution is 2.21. The summed E-state index contributed by atoms with van der Waals surface area (Å²) >= 11 is 6.02. The van der Waals surface area contributed by atoms with Gasteiger partial charge in [-0.2, -0.15) is 4.99 Å². The first-order valence-corrected chi connectivity index (χ1v) is 9.08. The van der Waals surface area contributed by atoms with Crippen LogP contribution in [0.1, 0.15) is 25.0 Å². The number of carbonyl (C=O) groups is 1. The topological polar surface area (TPSA) is 57.9 Å². The minimum Gasteiger partial charge on any atom is -0.357 e. The molecule has 0 bridgehead atoms. The van der Waals surface area contributed by atoms with Gasteiger partial charge in [0.15, 0.2) is 0 Å². The molecule has 0 spiro atoms. The van der Waals surface area contributed by atoms with Crippen molar-refractivity contribution >= 4 is 34.9 Å². The minimum absolute atomic E-state index is 0.256. The molecule has 0 saturated carbocycles. The maximum atomic E-state index is 12.2. The van der Waals surface area contributed by atoms with Gasteiger partial charge in [0.2, 0.25) is 0 Å². The molecule has 1 aromatic rings. The van der Waals surface area contributed by atoms with Crippen molar-refractivity contribution in [2.24, 2.45) is 9.98 Å². The zero-order valence-corrected chi connectivity index (χ0v) is 14.6. The molecule has 1 unspecified atom stereocenters. The molecular weight excluding hydrogens is 336 g/mol. The zero-order valence-electron chi connectivity index (χ0n) is 13.9. The average molecular weight is 355 g/mol. The van der Waals surface area contributed by atoms with Crippen LogP contribution in [-0.2, 0) is 11.2 Å². The van der Waals surface area contributed by atoms with Crippen molar-refractivity contribution in [3.63, 3.8) is 0 Å². The number of aryl methyl sites for hydroxylation is 1. The third kappa shape index (κ3) is 3.56. The Balaban J connectivity index is 1.45. The molecule has 1 saturated heterocycles. The summed E-state index contributed by atoms with van der Waals surface area (Å²) in [6, 6.07) is 6.12. The number of allylic oxidation sites excluding steroid dienone is 3. The molecule has 0 radical (unpaired) electrons. The molecular formula is C19H19ClN4O. The van der Waals surface area contributed by atoms with Gasteiger partial charge in [0, 0.05) is 25.2 Å². The van der Waals surface area contributed by atoms with Crippen LogP contribution in [0.15, 0.2) is 52.0 Å². The summed E-state index contributed by atoms with van der Waals surface area (Å²) in [4.78, 5) is 27.8. The predicted molar refractivity (Wildman–Crippen MR) is 101 cm³/mol. The predicted octanol–water partition coefficient (Wildman–Crippen LogP) is 3.10. The molecule has 4 rings (SSSR count). The molecule has 6 heteroatoms. The largest absolute Gasteiger partial charge is 0.357 e. The normalized spacial score (nSPS) is 22.4. The first-order valence-electron chi connectivity index (χ1n) is 8.65. The van der Waals surface area contributed by atoms with Gasteiger partial charge in [-0.25, -0.2) is 9.98 Å². The second-order valence-electron chi connectivity index (χ2n) is 6.40. The standard InChI is InChI=1S/C19H19ClN4O/c20-13-6-8-16-15(12-13)19(25)23-17(22-16)9-7-14-4-3-5-18(21-14)24-10-1-2-11-24/h3-6,8,12-13H,1-2,7,9-11H2. The Morgan fingerprint density at radius 2 is 2.00 bits per heavy atom. The first-order chi connectivity index (χ1) is 12.2. The van der Waals surface area contributed by atoms with Gasteiger partial charge >= 0.3 is 0 Å². The van der Waals surface area contributed by atoms with E-state index in [0.717, 1.165) is 24.6 Å². The van der Waals surface area contributed by atoms with Gasteiger partial charge in [-0.3, -0.25) is 4.79 Å². The van der Waals surface area contributed by atoms with Crippen molar-refractivity contribution in [1.29, 1.82) is 0 Å². The van der Waals surface area contributed by atoms with Gasteiger partial charge in [-0.15, -0.1) is 11.6 Å².